The van der Waals surface area contributed by atoms with E-state index in [9.17, 15) is 4.79 Å². The summed E-state index contributed by atoms with van der Waals surface area (Å²) < 4.78 is 0. The Morgan fingerprint density at radius 2 is 2.16 bits per heavy atom. The van der Waals surface area contributed by atoms with Gasteiger partial charge in [-0.3, -0.25) is 4.79 Å². The number of hydrogen-bond donors (Lipinski definition) is 1. The molecule has 1 aliphatic carbocycles. The molecule has 5 nitrogen and oxygen atoms in total. The standard InChI is InChI=1S/C14H20N4O/c1-3-10-14(19)18(2)11-8-15-12(17-13(11)16-10)9-6-4-5-7-9/h8-10H,3-7H2,1-2H3,(H,15,16,17). The summed E-state index contributed by atoms with van der Waals surface area (Å²) in [6, 6.07) is -0.163. The number of rotatable bonds is 2. The molecule has 0 spiro atoms. The number of fused-ring (bicyclic) bond motifs is 1. The minimum atomic E-state index is -0.163. The second-order valence-electron chi connectivity index (χ2n) is 5.45. The molecule has 2 aliphatic rings. The number of likely N-dealkylation sites (N-methyl/N-ethyl adjacent to an activating group) is 1. The van der Waals surface area contributed by atoms with Crippen molar-refractivity contribution in [2.24, 2.45) is 0 Å². The van der Waals surface area contributed by atoms with Crippen molar-refractivity contribution in [1.82, 2.24) is 9.97 Å². The molecule has 0 aromatic carbocycles. The van der Waals surface area contributed by atoms with E-state index in [1.807, 2.05) is 6.92 Å². The highest BCUT2D eigenvalue weighted by atomic mass is 16.2. The van der Waals surface area contributed by atoms with E-state index in [0.717, 1.165) is 23.8 Å². The van der Waals surface area contributed by atoms with Gasteiger partial charge >= 0.3 is 0 Å². The van der Waals surface area contributed by atoms with Crippen LogP contribution in [-0.4, -0.2) is 29.0 Å². The summed E-state index contributed by atoms with van der Waals surface area (Å²) in [6.45, 7) is 2.01. The first kappa shape index (κ1) is 12.4. The monoisotopic (exact) mass is 260 g/mol. The molecule has 1 aromatic heterocycles. The van der Waals surface area contributed by atoms with Crippen LogP contribution in [0.3, 0.4) is 0 Å². The van der Waals surface area contributed by atoms with Crippen molar-refractivity contribution in [2.45, 2.75) is 51.0 Å². The van der Waals surface area contributed by atoms with E-state index in [0.29, 0.717) is 5.92 Å². The van der Waals surface area contributed by atoms with E-state index in [4.69, 9.17) is 0 Å². The Labute approximate surface area is 113 Å². The van der Waals surface area contributed by atoms with E-state index in [2.05, 4.69) is 15.3 Å². The molecule has 1 amide bonds. The molecule has 1 unspecified atom stereocenters. The third-order valence-electron chi connectivity index (χ3n) is 4.22. The van der Waals surface area contributed by atoms with Crippen LogP contribution in [0, 0.1) is 0 Å². The number of anilines is 2. The first-order chi connectivity index (χ1) is 9.20. The van der Waals surface area contributed by atoms with Crippen LogP contribution in [0.4, 0.5) is 11.5 Å². The fourth-order valence-corrected chi connectivity index (χ4v) is 2.98. The Bertz CT molecular complexity index is 496. The summed E-state index contributed by atoms with van der Waals surface area (Å²) in [4.78, 5) is 22.9. The molecule has 1 saturated carbocycles. The first-order valence-electron chi connectivity index (χ1n) is 7.11. The zero-order valence-corrected chi connectivity index (χ0v) is 11.5. The molecule has 1 fully saturated rings. The highest BCUT2D eigenvalue weighted by molar-refractivity contribution is 6.03. The van der Waals surface area contributed by atoms with Gasteiger partial charge in [0.15, 0.2) is 5.82 Å². The van der Waals surface area contributed by atoms with Crippen LogP contribution in [-0.2, 0) is 4.79 Å². The largest absolute Gasteiger partial charge is 0.357 e. The van der Waals surface area contributed by atoms with Gasteiger partial charge in [0.2, 0.25) is 5.91 Å². The highest BCUT2D eigenvalue weighted by Crippen LogP contribution is 2.35. The molecule has 0 saturated heterocycles. The minimum absolute atomic E-state index is 0.0900. The van der Waals surface area contributed by atoms with Crippen LogP contribution in [0.15, 0.2) is 6.20 Å². The second-order valence-corrected chi connectivity index (χ2v) is 5.45. The lowest BCUT2D eigenvalue weighted by atomic mass is 10.1. The third-order valence-corrected chi connectivity index (χ3v) is 4.22. The Morgan fingerprint density at radius 1 is 1.42 bits per heavy atom. The van der Waals surface area contributed by atoms with Crippen molar-refractivity contribution in [3.63, 3.8) is 0 Å². The van der Waals surface area contributed by atoms with Gasteiger partial charge in [-0.2, -0.15) is 0 Å². The summed E-state index contributed by atoms with van der Waals surface area (Å²) in [5.41, 5.74) is 0.788. The second kappa shape index (κ2) is 4.79. The molecular weight excluding hydrogens is 240 g/mol. The maximum Gasteiger partial charge on any atom is 0.249 e. The van der Waals surface area contributed by atoms with Gasteiger partial charge < -0.3 is 10.2 Å². The number of aromatic nitrogens is 2. The quantitative estimate of drug-likeness (QED) is 0.886. The first-order valence-corrected chi connectivity index (χ1v) is 7.11. The van der Waals surface area contributed by atoms with Crippen molar-refractivity contribution in [3.8, 4) is 0 Å². The van der Waals surface area contributed by atoms with Crippen LogP contribution < -0.4 is 10.2 Å². The van der Waals surface area contributed by atoms with E-state index in [-0.39, 0.29) is 11.9 Å². The predicted octanol–water partition coefficient (Wildman–Crippen LogP) is 2.30. The molecule has 19 heavy (non-hydrogen) atoms. The average Bonchev–Trinajstić information content (AvgIpc) is 2.96. The molecular formula is C14H20N4O. The number of hydrogen-bond acceptors (Lipinski definition) is 4. The molecule has 2 heterocycles. The van der Waals surface area contributed by atoms with Gasteiger partial charge in [0, 0.05) is 13.0 Å². The summed E-state index contributed by atoms with van der Waals surface area (Å²) in [7, 11) is 1.79. The lowest BCUT2D eigenvalue weighted by molar-refractivity contribution is -0.119. The molecule has 5 heteroatoms. The number of nitrogens with zero attached hydrogens (tertiary/aromatic N) is 3. The molecule has 1 N–H and O–H groups in total. The number of nitrogens with one attached hydrogen (secondary N) is 1. The van der Waals surface area contributed by atoms with Crippen LogP contribution in [0.25, 0.3) is 0 Å². The summed E-state index contributed by atoms with van der Waals surface area (Å²) in [6.07, 6.45) is 7.47. The van der Waals surface area contributed by atoms with E-state index >= 15 is 0 Å². The van der Waals surface area contributed by atoms with Gasteiger partial charge in [0.05, 0.1) is 6.20 Å². The smallest absolute Gasteiger partial charge is 0.249 e. The van der Waals surface area contributed by atoms with Gasteiger partial charge in [0.1, 0.15) is 17.6 Å². The van der Waals surface area contributed by atoms with Crippen LogP contribution in [0.2, 0.25) is 0 Å². The zero-order valence-electron chi connectivity index (χ0n) is 11.5. The highest BCUT2D eigenvalue weighted by Gasteiger charge is 2.31. The van der Waals surface area contributed by atoms with Crippen molar-refractivity contribution in [2.75, 3.05) is 17.3 Å². The van der Waals surface area contributed by atoms with Crippen LogP contribution in [0.1, 0.15) is 50.8 Å². The summed E-state index contributed by atoms with van der Waals surface area (Å²) in [5.74, 6) is 2.33. The summed E-state index contributed by atoms with van der Waals surface area (Å²) in [5, 5.41) is 3.25. The average molecular weight is 260 g/mol. The Balaban J connectivity index is 1.94. The van der Waals surface area contributed by atoms with E-state index in [1.165, 1.54) is 25.7 Å². The zero-order chi connectivity index (χ0) is 13.4. The van der Waals surface area contributed by atoms with Crippen molar-refractivity contribution in [1.29, 1.82) is 0 Å². The van der Waals surface area contributed by atoms with Crippen LogP contribution in [0.5, 0.6) is 0 Å². The Morgan fingerprint density at radius 3 is 2.84 bits per heavy atom. The molecule has 1 aromatic rings. The predicted molar refractivity (Wildman–Crippen MR) is 74.4 cm³/mol. The van der Waals surface area contributed by atoms with Crippen molar-refractivity contribution in [3.05, 3.63) is 12.0 Å². The molecule has 3 rings (SSSR count). The molecule has 0 radical (unpaired) electrons. The number of carbonyl (C=O) groups is 1. The molecule has 102 valence electrons. The van der Waals surface area contributed by atoms with Gasteiger partial charge in [-0.05, 0) is 19.3 Å². The molecule has 1 aliphatic heterocycles. The lowest BCUT2D eigenvalue weighted by Crippen LogP contribution is -2.45. The molecule has 1 atom stereocenters. The molecule has 0 bridgehead atoms. The van der Waals surface area contributed by atoms with Crippen molar-refractivity contribution >= 4 is 17.4 Å². The van der Waals surface area contributed by atoms with Gasteiger partial charge in [-0.25, -0.2) is 9.97 Å². The normalized spacial score (nSPS) is 23.4. The fourth-order valence-electron chi connectivity index (χ4n) is 2.98. The Kier molecular flexibility index (Phi) is 3.12. The Hall–Kier alpha value is -1.65. The van der Waals surface area contributed by atoms with Gasteiger partial charge in [-0.15, -0.1) is 0 Å². The third kappa shape index (κ3) is 2.07. The SMILES string of the molecule is CCC1Nc2nc(C3CCCC3)ncc2N(C)C1=O. The lowest BCUT2D eigenvalue weighted by Gasteiger charge is -2.31. The summed E-state index contributed by atoms with van der Waals surface area (Å²) >= 11 is 0. The van der Waals surface area contributed by atoms with Crippen LogP contribution >= 0.6 is 0 Å². The van der Waals surface area contributed by atoms with Crippen molar-refractivity contribution < 1.29 is 4.79 Å². The van der Waals surface area contributed by atoms with E-state index in [1.54, 1.807) is 18.1 Å². The maximum absolute atomic E-state index is 12.1. The maximum atomic E-state index is 12.1. The number of amides is 1. The fraction of sp³-hybridized carbons (Fsp3) is 0.643. The van der Waals surface area contributed by atoms with Gasteiger partial charge in [-0.1, -0.05) is 19.8 Å². The topological polar surface area (TPSA) is 58.1 Å². The van der Waals surface area contributed by atoms with E-state index < -0.39 is 0 Å². The van der Waals surface area contributed by atoms with Gasteiger partial charge in [0.25, 0.3) is 0 Å². The number of carbonyl (C=O) groups excluding carboxylic acids is 1. The minimum Gasteiger partial charge on any atom is -0.357 e.